The second kappa shape index (κ2) is 11.2. The maximum atomic E-state index is 13.2. The Balaban J connectivity index is 1.51. The molecule has 2 N–H and O–H groups in total. The maximum absolute atomic E-state index is 13.2. The average molecular weight is 504 g/mol. The smallest absolute Gasteiger partial charge is 0.269 e. The molecular weight excluding hydrogens is 482 g/mol. The Hall–Kier alpha value is -4.64. The molecule has 0 aliphatic rings. The van der Waals surface area contributed by atoms with Gasteiger partial charge in [0.1, 0.15) is 16.8 Å². The first kappa shape index (κ1) is 24.5. The van der Waals surface area contributed by atoms with E-state index in [1.807, 2.05) is 54.6 Å². The molecule has 182 valence electrons. The molecule has 1 unspecified atom stereocenters. The van der Waals surface area contributed by atoms with Gasteiger partial charge in [-0.3, -0.25) is 25.0 Å². The molecule has 3 aromatic carbocycles. The summed E-state index contributed by atoms with van der Waals surface area (Å²) in [6.07, 6.45) is 0.229. The van der Waals surface area contributed by atoms with Crippen molar-refractivity contribution in [3.05, 3.63) is 100 Å². The van der Waals surface area contributed by atoms with E-state index in [4.69, 9.17) is 4.74 Å². The standard InChI is InChI=1S/C25H21N5O5S/c1-35-20-9-5-8-18(15-20)24-28-29-25(36-24)27-23(32)21(14-16-6-3-2-4-7-16)26-22(31)17-10-12-19(13-11-17)30(33)34/h2-13,15,21H,14H2,1H3,(H,26,31)(H,27,29,32). The van der Waals surface area contributed by atoms with Gasteiger partial charge in [0.2, 0.25) is 11.0 Å². The van der Waals surface area contributed by atoms with Crippen molar-refractivity contribution in [1.82, 2.24) is 15.5 Å². The molecule has 0 bridgehead atoms. The molecule has 0 aliphatic carbocycles. The number of carbonyl (C=O) groups excluding carboxylic acids is 2. The van der Waals surface area contributed by atoms with Crippen LogP contribution in [0.3, 0.4) is 0 Å². The number of nitrogens with zero attached hydrogens (tertiary/aromatic N) is 3. The first-order valence-corrected chi connectivity index (χ1v) is 11.6. The van der Waals surface area contributed by atoms with E-state index in [9.17, 15) is 19.7 Å². The molecule has 0 saturated carbocycles. The minimum Gasteiger partial charge on any atom is -0.497 e. The molecule has 1 aromatic heterocycles. The molecule has 0 fully saturated rings. The topological polar surface area (TPSA) is 136 Å². The third kappa shape index (κ3) is 6.07. The largest absolute Gasteiger partial charge is 0.497 e. The molecule has 0 spiro atoms. The summed E-state index contributed by atoms with van der Waals surface area (Å²) in [6, 6.07) is 20.8. The molecule has 0 aliphatic heterocycles. The Bertz CT molecular complexity index is 1380. The van der Waals surface area contributed by atoms with E-state index in [0.29, 0.717) is 10.8 Å². The van der Waals surface area contributed by atoms with Crippen LogP contribution in [0.15, 0.2) is 78.9 Å². The number of benzene rings is 3. The number of ether oxygens (including phenoxy) is 1. The zero-order valence-electron chi connectivity index (χ0n) is 19.1. The minimum absolute atomic E-state index is 0.131. The summed E-state index contributed by atoms with van der Waals surface area (Å²) in [5, 5.41) is 25.4. The van der Waals surface area contributed by atoms with Crippen molar-refractivity contribution in [1.29, 1.82) is 0 Å². The Morgan fingerprint density at radius 2 is 1.78 bits per heavy atom. The zero-order valence-corrected chi connectivity index (χ0v) is 19.9. The van der Waals surface area contributed by atoms with Crippen LogP contribution in [0.25, 0.3) is 10.6 Å². The van der Waals surface area contributed by atoms with Crippen LogP contribution in [0.5, 0.6) is 5.75 Å². The normalized spacial score (nSPS) is 11.4. The Kier molecular flexibility index (Phi) is 7.61. The van der Waals surface area contributed by atoms with Gasteiger partial charge in [-0.25, -0.2) is 0 Å². The number of nitro groups is 1. The molecule has 4 aromatic rings. The van der Waals surface area contributed by atoms with Crippen LogP contribution in [0.2, 0.25) is 0 Å². The Labute approximate surface area is 210 Å². The van der Waals surface area contributed by atoms with Gasteiger partial charge in [0, 0.05) is 29.7 Å². The van der Waals surface area contributed by atoms with Gasteiger partial charge in [-0.2, -0.15) is 0 Å². The quantitative estimate of drug-likeness (QED) is 0.259. The highest BCUT2D eigenvalue weighted by Crippen LogP contribution is 2.28. The van der Waals surface area contributed by atoms with Crippen molar-refractivity contribution in [2.75, 3.05) is 12.4 Å². The van der Waals surface area contributed by atoms with Crippen molar-refractivity contribution < 1.29 is 19.2 Å². The first-order valence-electron chi connectivity index (χ1n) is 10.8. The lowest BCUT2D eigenvalue weighted by Crippen LogP contribution is -2.45. The van der Waals surface area contributed by atoms with E-state index < -0.39 is 22.8 Å². The van der Waals surface area contributed by atoms with E-state index in [2.05, 4.69) is 20.8 Å². The number of rotatable bonds is 9. The molecule has 0 radical (unpaired) electrons. The second-order valence-corrected chi connectivity index (χ2v) is 8.63. The minimum atomic E-state index is -0.931. The number of hydrogen-bond acceptors (Lipinski definition) is 8. The summed E-state index contributed by atoms with van der Waals surface area (Å²) in [5.41, 5.74) is 1.70. The SMILES string of the molecule is COc1cccc(-c2nnc(NC(=O)C(Cc3ccccc3)NC(=O)c3ccc([N+](=O)[O-])cc3)s2)c1. The third-order valence-electron chi connectivity index (χ3n) is 5.22. The summed E-state index contributed by atoms with van der Waals surface area (Å²) in [6.45, 7) is 0. The fraction of sp³-hybridized carbons (Fsp3) is 0.120. The van der Waals surface area contributed by atoms with Gasteiger partial charge < -0.3 is 10.1 Å². The Morgan fingerprint density at radius 1 is 1.03 bits per heavy atom. The second-order valence-electron chi connectivity index (χ2n) is 7.65. The van der Waals surface area contributed by atoms with E-state index in [1.54, 1.807) is 7.11 Å². The van der Waals surface area contributed by atoms with Crippen molar-refractivity contribution in [2.45, 2.75) is 12.5 Å². The summed E-state index contributed by atoms with van der Waals surface area (Å²) < 4.78 is 5.24. The van der Waals surface area contributed by atoms with Crippen molar-refractivity contribution >= 4 is 34.0 Å². The van der Waals surface area contributed by atoms with Crippen LogP contribution in [-0.2, 0) is 11.2 Å². The molecule has 1 heterocycles. The van der Waals surface area contributed by atoms with Crippen LogP contribution in [-0.4, -0.2) is 40.1 Å². The van der Waals surface area contributed by atoms with Crippen LogP contribution in [0.4, 0.5) is 10.8 Å². The highest BCUT2D eigenvalue weighted by atomic mass is 32.1. The number of methoxy groups -OCH3 is 1. The van der Waals surface area contributed by atoms with Crippen LogP contribution in [0.1, 0.15) is 15.9 Å². The van der Waals surface area contributed by atoms with Gasteiger partial charge in [0.15, 0.2) is 0 Å². The lowest BCUT2D eigenvalue weighted by atomic mass is 10.0. The number of nitro benzene ring substituents is 1. The summed E-state index contributed by atoms with van der Waals surface area (Å²) in [7, 11) is 1.57. The number of non-ortho nitro benzene ring substituents is 1. The van der Waals surface area contributed by atoms with Crippen LogP contribution >= 0.6 is 11.3 Å². The lowest BCUT2D eigenvalue weighted by molar-refractivity contribution is -0.384. The van der Waals surface area contributed by atoms with Gasteiger partial charge in [0.05, 0.1) is 12.0 Å². The van der Waals surface area contributed by atoms with E-state index in [1.165, 1.54) is 35.6 Å². The molecule has 2 amide bonds. The fourth-order valence-electron chi connectivity index (χ4n) is 3.37. The highest BCUT2D eigenvalue weighted by Gasteiger charge is 2.24. The van der Waals surface area contributed by atoms with Gasteiger partial charge in [-0.15, -0.1) is 10.2 Å². The molecule has 0 saturated heterocycles. The van der Waals surface area contributed by atoms with Crippen molar-refractivity contribution in [3.63, 3.8) is 0 Å². The first-order chi connectivity index (χ1) is 17.4. The van der Waals surface area contributed by atoms with Gasteiger partial charge in [-0.05, 0) is 29.8 Å². The maximum Gasteiger partial charge on any atom is 0.269 e. The molecule has 4 rings (SSSR count). The summed E-state index contributed by atoms with van der Waals surface area (Å²) >= 11 is 1.19. The number of carbonyl (C=O) groups is 2. The van der Waals surface area contributed by atoms with Crippen LogP contribution in [0, 0.1) is 10.1 Å². The predicted octanol–water partition coefficient (Wildman–Crippen LogP) is 4.10. The monoisotopic (exact) mass is 503 g/mol. The highest BCUT2D eigenvalue weighted by molar-refractivity contribution is 7.18. The third-order valence-corrected chi connectivity index (χ3v) is 6.10. The van der Waals surface area contributed by atoms with Gasteiger partial charge in [-0.1, -0.05) is 53.8 Å². The fourth-order valence-corrected chi connectivity index (χ4v) is 4.12. The lowest BCUT2D eigenvalue weighted by Gasteiger charge is -2.18. The number of amides is 2. The van der Waals surface area contributed by atoms with Gasteiger partial charge in [0.25, 0.3) is 11.6 Å². The van der Waals surface area contributed by atoms with Crippen molar-refractivity contribution in [3.8, 4) is 16.3 Å². The molecule has 11 heteroatoms. The Morgan fingerprint density at radius 3 is 2.47 bits per heavy atom. The molecule has 1 atom stereocenters. The average Bonchev–Trinajstić information content (AvgIpc) is 3.37. The molecular formula is C25H21N5O5S. The number of anilines is 1. The zero-order chi connectivity index (χ0) is 25.5. The van der Waals surface area contributed by atoms with Gasteiger partial charge >= 0.3 is 0 Å². The summed E-state index contributed by atoms with van der Waals surface area (Å²) in [5.74, 6) is -0.331. The number of hydrogen-bond donors (Lipinski definition) is 2. The molecule has 10 nitrogen and oxygen atoms in total. The predicted molar refractivity (Wildman–Crippen MR) is 135 cm³/mol. The van der Waals surface area contributed by atoms with E-state index in [0.717, 1.165) is 11.1 Å². The number of aromatic nitrogens is 2. The van der Waals surface area contributed by atoms with E-state index in [-0.39, 0.29) is 22.8 Å². The number of nitrogens with one attached hydrogen (secondary N) is 2. The molecule has 36 heavy (non-hydrogen) atoms. The van der Waals surface area contributed by atoms with E-state index >= 15 is 0 Å². The van der Waals surface area contributed by atoms with Crippen molar-refractivity contribution in [2.24, 2.45) is 0 Å². The summed E-state index contributed by atoms with van der Waals surface area (Å²) in [4.78, 5) is 36.4. The van der Waals surface area contributed by atoms with Crippen LogP contribution < -0.4 is 15.4 Å².